The molecule has 0 spiro atoms. The minimum absolute atomic E-state index is 0.239. The molecule has 6 aliphatic rings. The van der Waals surface area contributed by atoms with Gasteiger partial charge in [0.25, 0.3) is 20.1 Å². The molecule has 0 amide bonds. The van der Waals surface area contributed by atoms with Crippen molar-refractivity contribution < 1.29 is 33.2 Å². The van der Waals surface area contributed by atoms with E-state index in [2.05, 4.69) is 111 Å². The first-order valence-electron chi connectivity index (χ1n) is 26.7. The van der Waals surface area contributed by atoms with Crippen LogP contribution in [0.3, 0.4) is 0 Å². The molecule has 0 saturated heterocycles. The second-order valence-electron chi connectivity index (χ2n) is 20.9. The van der Waals surface area contributed by atoms with Crippen LogP contribution in [0, 0.1) is 0 Å². The van der Waals surface area contributed by atoms with Gasteiger partial charge in [-0.25, -0.2) is 0 Å². The van der Waals surface area contributed by atoms with Gasteiger partial charge in [0.15, 0.2) is 0 Å². The summed E-state index contributed by atoms with van der Waals surface area (Å²) < 4.78 is 50.5. The molecule has 0 bridgehead atoms. The van der Waals surface area contributed by atoms with Crippen molar-refractivity contribution in [2.75, 3.05) is 15.9 Å². The van der Waals surface area contributed by atoms with E-state index in [0.29, 0.717) is 34.5 Å². The topological polar surface area (TPSA) is 111 Å². The normalized spacial score (nSPS) is 13.8. The number of ether oxygens (including phenoxy) is 7. The van der Waals surface area contributed by atoms with Crippen molar-refractivity contribution in [1.82, 2.24) is 9.97 Å². The first-order chi connectivity index (χ1) is 39.5. The number of aromatic nitrogens is 2. The third kappa shape index (κ3) is 6.43. The molecule has 376 valence electrons. The number of benzene rings is 10. The molecule has 10 aromatic carbocycles. The molecule has 0 aliphatic carbocycles. The quantitative estimate of drug-likeness (QED) is 0.105. The lowest BCUT2D eigenvalue weighted by molar-refractivity contribution is 0.443. The van der Waals surface area contributed by atoms with E-state index in [9.17, 15) is 0 Å². The maximum absolute atomic E-state index is 7.25. The van der Waals surface area contributed by atoms with Gasteiger partial charge in [0.1, 0.15) is 80.5 Å². The van der Waals surface area contributed by atoms with Gasteiger partial charge in [0.05, 0.1) is 11.4 Å². The fourth-order valence-corrected chi connectivity index (χ4v) is 13.8. The summed E-state index contributed by atoms with van der Waals surface area (Å²) in [4.78, 5) is 7.68. The van der Waals surface area contributed by atoms with Gasteiger partial charge in [-0.3, -0.25) is 4.31 Å². The number of nitrogens with one attached hydrogen (secondary N) is 3. The number of hydrogen-bond acceptors (Lipinski definition) is 10. The predicted molar refractivity (Wildman–Crippen MR) is 322 cm³/mol. The molecule has 6 aliphatic heterocycles. The summed E-state index contributed by atoms with van der Waals surface area (Å²) in [5, 5.41) is 5.88. The number of para-hydroxylation sites is 5. The highest BCUT2D eigenvalue weighted by molar-refractivity contribution is 8.00. The number of fused-ring (bicyclic) bond motifs is 16. The molecule has 0 fully saturated rings. The third-order valence-electron chi connectivity index (χ3n) is 16.4. The van der Waals surface area contributed by atoms with Crippen LogP contribution in [0.2, 0.25) is 0 Å². The number of hydrogen-bond donors (Lipinski definition) is 3. The lowest BCUT2D eigenvalue weighted by Gasteiger charge is -2.40. The number of H-pyrrole nitrogens is 2. The van der Waals surface area contributed by atoms with Crippen LogP contribution in [0.1, 0.15) is 0 Å². The molecule has 2 aromatic heterocycles. The van der Waals surface area contributed by atoms with E-state index in [1.54, 1.807) is 11.9 Å². The first kappa shape index (κ1) is 44.1. The molecular weight excluding hydrogens is 1010 g/mol. The van der Waals surface area contributed by atoms with Gasteiger partial charge in [-0.15, -0.1) is 0 Å². The van der Waals surface area contributed by atoms with E-state index in [1.807, 2.05) is 115 Å². The summed E-state index contributed by atoms with van der Waals surface area (Å²) in [6, 6.07) is 67.6. The van der Waals surface area contributed by atoms with E-state index in [-0.39, 0.29) is 20.1 Å². The van der Waals surface area contributed by atoms with Crippen LogP contribution in [0.4, 0.5) is 22.7 Å². The molecule has 12 aromatic rings. The van der Waals surface area contributed by atoms with E-state index >= 15 is 0 Å². The Balaban J connectivity index is 0.853. The molecule has 0 radical (unpaired) electrons. The average Bonchev–Trinajstić information content (AvgIpc) is 3.47. The molecule has 15 heteroatoms. The van der Waals surface area contributed by atoms with Crippen molar-refractivity contribution in [2.45, 2.75) is 0 Å². The van der Waals surface area contributed by atoms with Gasteiger partial charge in [0, 0.05) is 105 Å². The molecule has 11 nitrogen and oxygen atoms in total. The van der Waals surface area contributed by atoms with E-state index in [1.165, 1.54) is 0 Å². The zero-order valence-corrected chi connectivity index (χ0v) is 43.3. The van der Waals surface area contributed by atoms with E-state index < -0.39 is 0 Å². The maximum atomic E-state index is 7.25. The Morgan fingerprint density at radius 2 is 0.850 bits per heavy atom. The lowest BCUT2D eigenvalue weighted by atomic mass is 9.30. The van der Waals surface area contributed by atoms with Crippen molar-refractivity contribution in [1.29, 1.82) is 0 Å². The van der Waals surface area contributed by atoms with Crippen molar-refractivity contribution >= 4 is 126 Å². The Morgan fingerprint density at radius 3 is 1.43 bits per heavy atom. The molecular formula is C65H39B3N4O7S. The molecule has 0 unspecified atom stereocenters. The predicted octanol–water partition coefficient (Wildman–Crippen LogP) is 10.8. The molecule has 18 rings (SSSR count). The number of aromatic amines is 2. The second kappa shape index (κ2) is 16.5. The van der Waals surface area contributed by atoms with Crippen LogP contribution >= 0.6 is 11.9 Å². The molecule has 0 atom stereocenters. The molecule has 0 saturated carbocycles. The van der Waals surface area contributed by atoms with Gasteiger partial charge in [0.2, 0.25) is 0 Å². The zero-order valence-electron chi connectivity index (χ0n) is 42.5. The number of anilines is 4. The zero-order chi connectivity index (χ0) is 52.3. The van der Waals surface area contributed by atoms with E-state index in [0.717, 1.165) is 140 Å². The monoisotopic (exact) mass is 1050 g/mol. The Kier molecular flexibility index (Phi) is 9.10. The van der Waals surface area contributed by atoms with Gasteiger partial charge >= 0.3 is 0 Å². The van der Waals surface area contributed by atoms with Crippen molar-refractivity contribution in [2.24, 2.45) is 0 Å². The third-order valence-corrected chi connectivity index (χ3v) is 17.1. The Bertz CT molecular complexity index is 4650. The lowest BCUT2D eigenvalue weighted by Crippen LogP contribution is -2.64. The summed E-state index contributed by atoms with van der Waals surface area (Å²) in [5.74, 6) is 9.95. The van der Waals surface area contributed by atoms with Crippen molar-refractivity contribution in [3.05, 3.63) is 200 Å². The second-order valence-corrected chi connectivity index (χ2v) is 21.6. The SMILES string of the molecule is CSN1c2cc3c(cc2B2c4[nH]c5ccccc5c4Oc4cc(Oc5ccccc5)cc1c42)B1c2cc4c(cc2Oc2cc(Oc5ccccc5)cc(c21)O3)Nc1cc(Oc2ccccc2)cc2c1B4c1[nH]c3ccccc3c1O2. The fraction of sp³-hybridized carbons (Fsp3) is 0.0154. The summed E-state index contributed by atoms with van der Waals surface area (Å²) in [6.45, 7) is -0.809. The van der Waals surface area contributed by atoms with E-state index in [4.69, 9.17) is 33.2 Å². The first-order valence-corrected chi connectivity index (χ1v) is 27.8. The Hall–Kier alpha value is -9.98. The Labute approximate surface area is 463 Å². The van der Waals surface area contributed by atoms with Crippen LogP contribution < -0.4 is 92.2 Å². The minimum Gasteiger partial charge on any atom is -0.458 e. The average molecular weight is 1050 g/mol. The van der Waals surface area contributed by atoms with Crippen LogP contribution in [-0.4, -0.2) is 36.4 Å². The van der Waals surface area contributed by atoms with Crippen molar-refractivity contribution in [3.63, 3.8) is 0 Å². The smallest absolute Gasteiger partial charge is 0.276 e. The van der Waals surface area contributed by atoms with Crippen LogP contribution in [-0.2, 0) is 0 Å². The van der Waals surface area contributed by atoms with Crippen LogP contribution in [0.5, 0.6) is 80.5 Å². The summed E-state index contributed by atoms with van der Waals surface area (Å²) in [7, 11) is 0. The van der Waals surface area contributed by atoms with Gasteiger partial charge in [-0.05, 0) is 105 Å². The molecule has 8 heterocycles. The van der Waals surface area contributed by atoms with Crippen molar-refractivity contribution in [3.8, 4) is 80.5 Å². The highest BCUT2D eigenvalue weighted by Gasteiger charge is 2.49. The largest absolute Gasteiger partial charge is 0.458 e. The molecule has 3 N–H and O–H groups in total. The van der Waals surface area contributed by atoms with Crippen LogP contribution in [0.25, 0.3) is 21.8 Å². The fourth-order valence-electron chi connectivity index (χ4n) is 13.1. The summed E-state index contributed by atoms with van der Waals surface area (Å²) in [5.41, 5.74) is 15.0. The van der Waals surface area contributed by atoms with Crippen LogP contribution in [0.15, 0.2) is 200 Å². The number of nitrogens with zero attached hydrogens (tertiary/aromatic N) is 1. The number of rotatable bonds is 7. The summed E-state index contributed by atoms with van der Waals surface area (Å²) in [6.07, 6.45) is 2.11. The van der Waals surface area contributed by atoms with Gasteiger partial charge in [-0.1, -0.05) is 91.0 Å². The Morgan fingerprint density at radius 1 is 0.375 bits per heavy atom. The highest BCUT2D eigenvalue weighted by atomic mass is 32.2. The summed E-state index contributed by atoms with van der Waals surface area (Å²) >= 11 is 1.63. The van der Waals surface area contributed by atoms with Gasteiger partial charge in [-0.2, -0.15) is 0 Å². The minimum atomic E-state index is -0.328. The maximum Gasteiger partial charge on any atom is 0.276 e. The molecule has 80 heavy (non-hydrogen) atoms. The standard InChI is InChI=1S/C65H39B3N4O7S/c1-80-72-51-34-54-46(32-44(51)68-60-52(72)26-39(74-36-17-7-3-8-18-36)28-56(60)79-63-42-22-12-14-24-48(42)71-65(63)68)66-45-31-43-49(33-53(45)76-57-29-40(30-58(77-54)61(57)66)75-37-19-9-4-10-20-37)69-50-25-38(73-35-15-5-2-6-16-35)27-55-59(50)67(43)64-62(78-55)41-21-11-13-23-47(41)70-64/h2-34,69-71H,1H3. The van der Waals surface area contributed by atoms with Gasteiger partial charge < -0.3 is 48.4 Å². The highest BCUT2D eigenvalue weighted by Crippen LogP contribution is 2.47.